The number of hydrogen-bond donors (Lipinski definition) is 2. The molecule has 0 atom stereocenters. The van der Waals surface area contributed by atoms with Crippen LogP contribution < -0.4 is 10.1 Å². The molecule has 0 radical (unpaired) electrons. The van der Waals surface area contributed by atoms with E-state index in [1.54, 1.807) is 18.2 Å². The number of halogens is 3. The van der Waals surface area contributed by atoms with Gasteiger partial charge in [-0.25, -0.2) is 4.39 Å². The van der Waals surface area contributed by atoms with Gasteiger partial charge in [-0.05, 0) is 58.7 Å². The molecule has 2 N–H and O–H groups in total. The van der Waals surface area contributed by atoms with Gasteiger partial charge in [0.1, 0.15) is 5.82 Å². The fourth-order valence-electron chi connectivity index (χ4n) is 1.81. The highest BCUT2D eigenvalue weighted by Gasteiger charge is 2.09. The van der Waals surface area contributed by atoms with Crippen molar-refractivity contribution in [3.8, 4) is 11.5 Å². The van der Waals surface area contributed by atoms with E-state index in [0.717, 1.165) is 5.56 Å². The average Bonchev–Trinajstić information content (AvgIpc) is 2.45. The minimum Gasteiger partial charge on any atom is -0.503 e. The molecule has 0 saturated carbocycles. The molecular weight excluding hydrogens is 361 g/mol. The SMILES string of the molecule is CCOc1cc(CNc2ccc(F)c(Cl)c2)cc(Br)c1O. The van der Waals surface area contributed by atoms with Gasteiger partial charge in [-0.15, -0.1) is 0 Å². The summed E-state index contributed by atoms with van der Waals surface area (Å²) in [6.07, 6.45) is 0. The number of benzene rings is 2. The van der Waals surface area contributed by atoms with Crippen LogP contribution in [-0.4, -0.2) is 11.7 Å². The van der Waals surface area contributed by atoms with E-state index in [9.17, 15) is 9.50 Å². The lowest BCUT2D eigenvalue weighted by Crippen LogP contribution is -2.01. The molecule has 0 bridgehead atoms. The van der Waals surface area contributed by atoms with Crippen LogP contribution in [0.5, 0.6) is 11.5 Å². The fourth-order valence-corrected chi connectivity index (χ4v) is 2.48. The Labute approximate surface area is 135 Å². The monoisotopic (exact) mass is 373 g/mol. The van der Waals surface area contributed by atoms with Crippen molar-refractivity contribution in [2.24, 2.45) is 0 Å². The molecule has 0 aliphatic heterocycles. The molecule has 0 aliphatic rings. The van der Waals surface area contributed by atoms with Crippen LogP contribution in [-0.2, 0) is 6.54 Å². The third-order valence-electron chi connectivity index (χ3n) is 2.80. The van der Waals surface area contributed by atoms with Crippen LogP contribution in [0.3, 0.4) is 0 Å². The third kappa shape index (κ3) is 4.02. The molecule has 2 aromatic carbocycles. The molecular formula is C15H14BrClFNO2. The van der Waals surface area contributed by atoms with E-state index in [1.165, 1.54) is 12.1 Å². The average molecular weight is 375 g/mol. The van der Waals surface area contributed by atoms with Gasteiger partial charge in [0.15, 0.2) is 11.5 Å². The second-order valence-electron chi connectivity index (χ2n) is 4.34. The Morgan fingerprint density at radius 1 is 1.33 bits per heavy atom. The van der Waals surface area contributed by atoms with E-state index < -0.39 is 5.82 Å². The molecule has 0 aromatic heterocycles. The number of nitrogens with one attached hydrogen (secondary N) is 1. The van der Waals surface area contributed by atoms with Gasteiger partial charge < -0.3 is 15.2 Å². The Kier molecular flexibility index (Phi) is 5.31. The third-order valence-corrected chi connectivity index (χ3v) is 3.70. The van der Waals surface area contributed by atoms with Crippen molar-refractivity contribution >= 4 is 33.2 Å². The second kappa shape index (κ2) is 7.00. The standard InChI is InChI=1S/C15H14BrClFNO2/c1-2-21-14-6-9(5-11(16)15(14)20)8-19-10-3-4-13(18)12(17)7-10/h3-7,19-20H,2,8H2,1H3. The van der Waals surface area contributed by atoms with Gasteiger partial charge in [-0.1, -0.05) is 11.6 Å². The van der Waals surface area contributed by atoms with Crippen LogP contribution in [0, 0.1) is 5.82 Å². The first-order valence-corrected chi connectivity index (χ1v) is 7.51. The molecule has 2 aromatic rings. The zero-order valence-corrected chi connectivity index (χ0v) is 13.6. The van der Waals surface area contributed by atoms with E-state index in [2.05, 4.69) is 21.2 Å². The summed E-state index contributed by atoms with van der Waals surface area (Å²) in [5, 5.41) is 13.1. The minimum atomic E-state index is -0.451. The molecule has 0 spiro atoms. The van der Waals surface area contributed by atoms with Gasteiger partial charge >= 0.3 is 0 Å². The van der Waals surface area contributed by atoms with Crippen LogP contribution in [0.4, 0.5) is 10.1 Å². The predicted octanol–water partition coefficient (Wildman–Crippen LogP) is 4.96. The number of ether oxygens (including phenoxy) is 1. The van der Waals surface area contributed by atoms with Gasteiger partial charge in [0.05, 0.1) is 16.1 Å². The Bertz CT molecular complexity index is 652. The quantitative estimate of drug-likeness (QED) is 0.777. The topological polar surface area (TPSA) is 41.5 Å². The number of phenols is 1. The molecule has 0 amide bonds. The summed E-state index contributed by atoms with van der Waals surface area (Å²) >= 11 is 9.02. The first-order valence-electron chi connectivity index (χ1n) is 6.34. The summed E-state index contributed by atoms with van der Waals surface area (Å²) in [4.78, 5) is 0. The van der Waals surface area contributed by atoms with Crippen molar-refractivity contribution in [3.05, 3.63) is 51.2 Å². The van der Waals surface area contributed by atoms with E-state index in [-0.39, 0.29) is 10.8 Å². The summed E-state index contributed by atoms with van der Waals surface area (Å²) in [5.41, 5.74) is 1.62. The lowest BCUT2D eigenvalue weighted by Gasteiger charge is -2.12. The molecule has 2 rings (SSSR count). The van der Waals surface area contributed by atoms with Crippen molar-refractivity contribution in [3.63, 3.8) is 0 Å². The number of phenolic OH excluding ortho intramolecular Hbond substituents is 1. The van der Waals surface area contributed by atoms with Crippen molar-refractivity contribution in [1.82, 2.24) is 0 Å². The van der Waals surface area contributed by atoms with Gasteiger partial charge in [0, 0.05) is 12.2 Å². The maximum absolute atomic E-state index is 13.1. The first kappa shape index (κ1) is 15.9. The van der Waals surface area contributed by atoms with Gasteiger partial charge in [0.2, 0.25) is 0 Å². The number of hydrogen-bond acceptors (Lipinski definition) is 3. The number of rotatable bonds is 5. The van der Waals surface area contributed by atoms with Crippen molar-refractivity contribution in [2.45, 2.75) is 13.5 Å². The zero-order valence-electron chi connectivity index (χ0n) is 11.3. The normalized spacial score (nSPS) is 10.5. The number of aromatic hydroxyl groups is 1. The molecule has 0 unspecified atom stereocenters. The maximum atomic E-state index is 13.1. The molecule has 3 nitrogen and oxygen atoms in total. The van der Waals surface area contributed by atoms with E-state index in [0.29, 0.717) is 29.1 Å². The Morgan fingerprint density at radius 2 is 2.10 bits per heavy atom. The van der Waals surface area contributed by atoms with Crippen LogP contribution in [0.15, 0.2) is 34.8 Å². The lowest BCUT2D eigenvalue weighted by molar-refractivity contribution is 0.317. The molecule has 0 fully saturated rings. The molecule has 0 heterocycles. The van der Waals surface area contributed by atoms with Crippen molar-refractivity contribution < 1.29 is 14.2 Å². The molecule has 0 aliphatic carbocycles. The number of anilines is 1. The van der Waals surface area contributed by atoms with Crippen LogP contribution >= 0.6 is 27.5 Å². The highest BCUT2D eigenvalue weighted by molar-refractivity contribution is 9.10. The van der Waals surface area contributed by atoms with Crippen LogP contribution in [0.1, 0.15) is 12.5 Å². The summed E-state index contributed by atoms with van der Waals surface area (Å²) < 4.78 is 19.0. The Morgan fingerprint density at radius 3 is 2.76 bits per heavy atom. The minimum absolute atomic E-state index is 0.0712. The molecule has 6 heteroatoms. The smallest absolute Gasteiger partial charge is 0.172 e. The van der Waals surface area contributed by atoms with Crippen LogP contribution in [0.2, 0.25) is 5.02 Å². The highest BCUT2D eigenvalue weighted by atomic mass is 79.9. The van der Waals surface area contributed by atoms with E-state index >= 15 is 0 Å². The first-order chi connectivity index (χ1) is 10.0. The molecule has 0 saturated heterocycles. The van der Waals surface area contributed by atoms with Gasteiger partial charge in [-0.2, -0.15) is 0 Å². The Balaban J connectivity index is 2.14. The summed E-state index contributed by atoms with van der Waals surface area (Å²) in [7, 11) is 0. The van der Waals surface area contributed by atoms with Crippen molar-refractivity contribution in [1.29, 1.82) is 0 Å². The van der Waals surface area contributed by atoms with Crippen molar-refractivity contribution in [2.75, 3.05) is 11.9 Å². The Hall–Kier alpha value is -1.46. The second-order valence-corrected chi connectivity index (χ2v) is 5.60. The van der Waals surface area contributed by atoms with Crippen LogP contribution in [0.25, 0.3) is 0 Å². The lowest BCUT2D eigenvalue weighted by atomic mass is 10.2. The summed E-state index contributed by atoms with van der Waals surface area (Å²) in [6.45, 7) is 2.80. The van der Waals surface area contributed by atoms with E-state index in [4.69, 9.17) is 16.3 Å². The fraction of sp³-hybridized carbons (Fsp3) is 0.200. The predicted molar refractivity (Wildman–Crippen MR) is 85.7 cm³/mol. The van der Waals surface area contributed by atoms with Gasteiger partial charge in [-0.3, -0.25) is 0 Å². The maximum Gasteiger partial charge on any atom is 0.172 e. The summed E-state index contributed by atoms with van der Waals surface area (Å²) in [5.74, 6) is 0.0412. The molecule has 112 valence electrons. The highest BCUT2D eigenvalue weighted by Crippen LogP contribution is 2.35. The molecule has 21 heavy (non-hydrogen) atoms. The largest absolute Gasteiger partial charge is 0.503 e. The van der Waals surface area contributed by atoms with Gasteiger partial charge in [0.25, 0.3) is 0 Å². The van der Waals surface area contributed by atoms with E-state index in [1.807, 2.05) is 6.92 Å². The zero-order chi connectivity index (χ0) is 15.4. The summed E-state index contributed by atoms with van der Waals surface area (Å²) in [6, 6.07) is 7.98.